The zero-order valence-electron chi connectivity index (χ0n) is 32.2. The van der Waals surface area contributed by atoms with Gasteiger partial charge in [0.05, 0.1) is 34.0 Å². The first-order valence-electron chi connectivity index (χ1n) is 20.2. The first-order valence-corrected chi connectivity index (χ1v) is 20.2. The van der Waals surface area contributed by atoms with Gasteiger partial charge < -0.3 is 10.2 Å². The van der Waals surface area contributed by atoms with Crippen molar-refractivity contribution in [2.45, 2.75) is 174 Å². The highest BCUT2D eigenvalue weighted by Crippen LogP contribution is 2.14. The lowest BCUT2D eigenvalue weighted by molar-refractivity contribution is -0.280. The van der Waals surface area contributed by atoms with Crippen LogP contribution in [0.15, 0.2) is 0 Å². The third-order valence-corrected chi connectivity index (χ3v) is 9.23. The summed E-state index contributed by atoms with van der Waals surface area (Å²) < 4.78 is 0. The van der Waals surface area contributed by atoms with Crippen LogP contribution in [0.5, 0.6) is 0 Å². The van der Waals surface area contributed by atoms with E-state index < -0.39 is 0 Å². The van der Waals surface area contributed by atoms with Gasteiger partial charge in [0.2, 0.25) is 11.8 Å². The smallest absolute Gasteiger partial charge is 0.241 e. The van der Waals surface area contributed by atoms with Crippen LogP contribution >= 0.6 is 0 Å². The number of carbonyl (C=O) groups is 2. The maximum Gasteiger partial charge on any atom is 0.241 e. The predicted octanol–water partition coefficient (Wildman–Crippen LogP) is 9.18. The molecular formula is C39H79N3O6. The summed E-state index contributed by atoms with van der Waals surface area (Å²) in [7, 11) is 2.95. The van der Waals surface area contributed by atoms with E-state index in [1.165, 1.54) is 155 Å². The quantitative estimate of drug-likeness (QED) is 0.0392. The first kappa shape index (κ1) is 46.7. The van der Waals surface area contributed by atoms with E-state index in [-0.39, 0.29) is 18.4 Å². The van der Waals surface area contributed by atoms with Crippen molar-refractivity contribution in [1.29, 1.82) is 0 Å². The maximum absolute atomic E-state index is 13.2. The van der Waals surface area contributed by atoms with Crippen molar-refractivity contribution in [3.63, 3.8) is 0 Å². The summed E-state index contributed by atoms with van der Waals surface area (Å²) in [6.07, 6.45) is 31.6. The van der Waals surface area contributed by atoms with Crippen LogP contribution in [-0.2, 0) is 29.1 Å². The van der Waals surface area contributed by atoms with Crippen molar-refractivity contribution < 1.29 is 29.1 Å². The molecule has 9 nitrogen and oxygen atoms in total. The number of hydrogen-bond acceptors (Lipinski definition) is 7. The highest BCUT2D eigenvalue weighted by molar-refractivity contribution is 5.84. The molecule has 0 bridgehead atoms. The Labute approximate surface area is 296 Å². The average molecular weight is 686 g/mol. The van der Waals surface area contributed by atoms with Gasteiger partial charge in [-0.15, -0.1) is 0 Å². The van der Waals surface area contributed by atoms with Crippen LogP contribution in [0.4, 0.5) is 0 Å². The fourth-order valence-electron chi connectivity index (χ4n) is 6.12. The van der Waals surface area contributed by atoms with Crippen LogP contribution in [0.3, 0.4) is 0 Å². The van der Waals surface area contributed by atoms with Crippen LogP contribution in [0.1, 0.15) is 174 Å². The normalized spacial score (nSPS) is 11.4. The standard InChI is InChI=1S/C39H79N3O6/c1-5-7-9-11-13-15-17-19-21-23-25-27-30-42(31-28-26-24-22-20-18-16-14-12-10-8-6-2)39(44)37-40-38(43)29-32-41(33-35-47-45-3)34-36-48-46-4/h5-37H2,1-4H3,(H,40,43). The molecule has 1 N–H and O–H groups in total. The van der Waals surface area contributed by atoms with Crippen molar-refractivity contribution >= 4 is 11.8 Å². The van der Waals surface area contributed by atoms with Crippen LogP contribution in [0.25, 0.3) is 0 Å². The number of unbranched alkanes of at least 4 members (excludes halogenated alkanes) is 22. The minimum Gasteiger partial charge on any atom is -0.347 e. The molecular weight excluding hydrogens is 606 g/mol. The van der Waals surface area contributed by atoms with Gasteiger partial charge in [-0.1, -0.05) is 155 Å². The zero-order valence-corrected chi connectivity index (χ0v) is 32.2. The van der Waals surface area contributed by atoms with Crippen molar-refractivity contribution in [3.8, 4) is 0 Å². The number of nitrogens with one attached hydrogen (secondary N) is 1. The molecule has 0 saturated heterocycles. The lowest BCUT2D eigenvalue weighted by Crippen LogP contribution is -2.42. The Morgan fingerprint density at radius 3 is 1.19 bits per heavy atom. The van der Waals surface area contributed by atoms with Gasteiger partial charge in [-0.25, -0.2) is 19.6 Å². The molecule has 0 radical (unpaired) electrons. The Morgan fingerprint density at radius 1 is 0.479 bits per heavy atom. The topological polar surface area (TPSA) is 89.6 Å². The highest BCUT2D eigenvalue weighted by Gasteiger charge is 2.15. The molecule has 286 valence electrons. The van der Waals surface area contributed by atoms with Gasteiger partial charge in [0.15, 0.2) is 0 Å². The summed E-state index contributed by atoms with van der Waals surface area (Å²) in [5.74, 6) is -0.0855. The van der Waals surface area contributed by atoms with E-state index in [4.69, 9.17) is 9.78 Å². The van der Waals surface area contributed by atoms with E-state index in [0.29, 0.717) is 39.3 Å². The molecule has 0 heterocycles. The molecule has 0 aromatic heterocycles. The fraction of sp³-hybridized carbons (Fsp3) is 0.949. The average Bonchev–Trinajstić information content (AvgIpc) is 3.09. The van der Waals surface area contributed by atoms with E-state index in [1.54, 1.807) is 0 Å². The van der Waals surface area contributed by atoms with Crippen LogP contribution in [0.2, 0.25) is 0 Å². The Kier molecular flexibility index (Phi) is 37.5. The summed E-state index contributed by atoms with van der Waals surface area (Å²) in [4.78, 5) is 49.3. The molecule has 9 heteroatoms. The van der Waals surface area contributed by atoms with Crippen molar-refractivity contribution in [2.24, 2.45) is 0 Å². The number of carbonyl (C=O) groups excluding carboxylic acids is 2. The van der Waals surface area contributed by atoms with Gasteiger partial charge in [0.1, 0.15) is 0 Å². The minimum atomic E-state index is -0.121. The predicted molar refractivity (Wildman–Crippen MR) is 199 cm³/mol. The monoisotopic (exact) mass is 686 g/mol. The fourth-order valence-corrected chi connectivity index (χ4v) is 6.12. The molecule has 0 rings (SSSR count). The SMILES string of the molecule is CCCCCCCCCCCCCCN(CCCCCCCCCCCCCC)C(=O)CNC(=O)CCN(CCOOC)CCOOC. The summed E-state index contributed by atoms with van der Waals surface area (Å²) in [5.41, 5.74) is 0. The molecule has 0 aromatic carbocycles. The largest absolute Gasteiger partial charge is 0.347 e. The number of hydrogen-bond donors (Lipinski definition) is 1. The molecule has 0 saturated carbocycles. The van der Waals surface area contributed by atoms with Gasteiger partial charge in [0, 0.05) is 39.1 Å². The van der Waals surface area contributed by atoms with Gasteiger partial charge >= 0.3 is 0 Å². The lowest BCUT2D eigenvalue weighted by atomic mass is 10.0. The zero-order chi connectivity index (χ0) is 35.2. The maximum atomic E-state index is 13.2. The number of nitrogens with zero attached hydrogens (tertiary/aromatic N) is 2. The summed E-state index contributed by atoms with van der Waals surface area (Å²) >= 11 is 0. The van der Waals surface area contributed by atoms with Crippen molar-refractivity contribution in [3.05, 3.63) is 0 Å². The number of rotatable bonds is 39. The molecule has 0 aromatic rings. The van der Waals surface area contributed by atoms with E-state index in [9.17, 15) is 9.59 Å². The Bertz CT molecular complexity index is 646. The Balaban J connectivity index is 4.48. The molecule has 0 atom stereocenters. The Hall–Kier alpha value is -1.26. The molecule has 2 amide bonds. The van der Waals surface area contributed by atoms with E-state index in [0.717, 1.165) is 25.9 Å². The lowest BCUT2D eigenvalue weighted by Gasteiger charge is -2.24. The summed E-state index contributed by atoms with van der Waals surface area (Å²) in [5, 5.41) is 2.88. The molecule has 0 fully saturated rings. The summed E-state index contributed by atoms with van der Waals surface area (Å²) in [6, 6.07) is 0. The van der Waals surface area contributed by atoms with Gasteiger partial charge in [0.25, 0.3) is 0 Å². The second-order valence-corrected chi connectivity index (χ2v) is 13.5. The van der Waals surface area contributed by atoms with Gasteiger partial charge in [-0.3, -0.25) is 14.5 Å². The minimum absolute atomic E-state index is 0.0355. The van der Waals surface area contributed by atoms with Crippen LogP contribution in [0, 0.1) is 0 Å². The summed E-state index contributed by atoms with van der Waals surface area (Å²) in [6.45, 7) is 8.68. The molecule has 0 spiro atoms. The van der Waals surface area contributed by atoms with E-state index in [1.807, 2.05) is 9.80 Å². The second kappa shape index (κ2) is 38.5. The molecule has 0 unspecified atom stereocenters. The van der Waals surface area contributed by atoms with Crippen LogP contribution < -0.4 is 5.32 Å². The van der Waals surface area contributed by atoms with E-state index in [2.05, 4.69) is 28.9 Å². The van der Waals surface area contributed by atoms with E-state index >= 15 is 0 Å². The number of amides is 2. The van der Waals surface area contributed by atoms with Crippen molar-refractivity contribution in [2.75, 3.05) is 66.7 Å². The van der Waals surface area contributed by atoms with Crippen molar-refractivity contribution in [1.82, 2.24) is 15.1 Å². The Morgan fingerprint density at radius 2 is 0.833 bits per heavy atom. The van der Waals surface area contributed by atoms with Gasteiger partial charge in [-0.05, 0) is 12.8 Å². The second-order valence-electron chi connectivity index (χ2n) is 13.5. The highest BCUT2D eigenvalue weighted by atomic mass is 17.2. The molecule has 0 aliphatic rings. The molecule has 48 heavy (non-hydrogen) atoms. The van der Waals surface area contributed by atoms with Gasteiger partial charge in [-0.2, -0.15) is 0 Å². The molecule has 0 aliphatic heterocycles. The van der Waals surface area contributed by atoms with Crippen LogP contribution in [-0.4, -0.2) is 88.3 Å². The first-order chi connectivity index (χ1) is 23.6. The molecule has 0 aliphatic carbocycles. The third-order valence-electron chi connectivity index (χ3n) is 9.23. The third kappa shape index (κ3) is 33.2.